The minimum absolute atomic E-state index is 0.0274. The predicted octanol–water partition coefficient (Wildman–Crippen LogP) is -0.794. The molecule has 0 aromatic heterocycles. The molecule has 0 aromatic rings. The summed E-state index contributed by atoms with van der Waals surface area (Å²) >= 11 is 0. The molecule has 0 atom stereocenters. The lowest BCUT2D eigenvalue weighted by Crippen LogP contribution is -2.36. The molecule has 6 heteroatoms. The van der Waals surface area contributed by atoms with Gasteiger partial charge in [0.15, 0.2) is 0 Å². The van der Waals surface area contributed by atoms with Crippen LogP contribution in [0.3, 0.4) is 0 Å². The number of nitrogens with two attached hydrogens (primary N) is 1. The van der Waals surface area contributed by atoms with Gasteiger partial charge in [-0.25, -0.2) is 13.6 Å². The van der Waals surface area contributed by atoms with Crippen LogP contribution in [0.25, 0.3) is 0 Å². The topological polar surface area (TPSA) is 75.4 Å². The van der Waals surface area contributed by atoms with Crippen LogP contribution >= 0.6 is 0 Å². The summed E-state index contributed by atoms with van der Waals surface area (Å²) in [6.07, 6.45) is 2.39. The summed E-state index contributed by atoms with van der Waals surface area (Å²) in [6, 6.07) is 0. The van der Waals surface area contributed by atoms with Crippen LogP contribution in [-0.4, -0.2) is 52.3 Å². The van der Waals surface area contributed by atoms with Crippen molar-refractivity contribution < 1.29 is 8.42 Å². The molecule has 1 rings (SSSR count). The highest BCUT2D eigenvalue weighted by Crippen LogP contribution is 2.14. The Hall–Kier alpha value is -0.170. The molecule has 3 N–H and O–H groups in total. The first-order valence-corrected chi connectivity index (χ1v) is 7.08. The van der Waals surface area contributed by atoms with Crippen molar-refractivity contribution in [1.82, 2.24) is 10.2 Å². The number of piperidine rings is 1. The number of nitrogens with zero attached hydrogens (tertiary/aromatic N) is 1. The molecule has 0 saturated carbocycles. The maximum Gasteiger partial charge on any atom is 0.210 e. The van der Waals surface area contributed by atoms with Gasteiger partial charge in [0.05, 0.1) is 5.75 Å². The zero-order valence-corrected chi connectivity index (χ0v) is 10.1. The average Bonchev–Trinajstić information content (AvgIpc) is 2.14. The van der Waals surface area contributed by atoms with E-state index in [4.69, 9.17) is 5.14 Å². The van der Waals surface area contributed by atoms with Gasteiger partial charge in [-0.3, -0.25) is 0 Å². The Bertz CT molecular complexity index is 271. The standard InChI is InChI=1S/C9H21N3O2S/c1-12-5-2-9(3-6-12)8-11-4-7-15(10,13)14/h9,11H,2-8H2,1H3,(H2,10,13,14). The molecule has 1 aliphatic rings. The Labute approximate surface area is 92.1 Å². The minimum atomic E-state index is -3.31. The van der Waals surface area contributed by atoms with Crippen molar-refractivity contribution in [1.29, 1.82) is 0 Å². The van der Waals surface area contributed by atoms with Gasteiger partial charge in [0.1, 0.15) is 0 Å². The van der Waals surface area contributed by atoms with E-state index in [9.17, 15) is 8.42 Å². The fourth-order valence-corrected chi connectivity index (χ4v) is 2.22. The molecule has 0 aliphatic carbocycles. The zero-order valence-electron chi connectivity index (χ0n) is 9.28. The predicted molar refractivity (Wildman–Crippen MR) is 61.1 cm³/mol. The summed E-state index contributed by atoms with van der Waals surface area (Å²) in [4.78, 5) is 2.32. The molecular formula is C9H21N3O2S. The zero-order chi connectivity index (χ0) is 11.3. The fourth-order valence-electron chi connectivity index (χ4n) is 1.79. The van der Waals surface area contributed by atoms with Crippen molar-refractivity contribution in [3.63, 3.8) is 0 Å². The van der Waals surface area contributed by atoms with Crippen LogP contribution in [0.5, 0.6) is 0 Å². The Morgan fingerprint density at radius 2 is 2.00 bits per heavy atom. The monoisotopic (exact) mass is 235 g/mol. The maximum atomic E-state index is 10.7. The number of primary sulfonamides is 1. The summed E-state index contributed by atoms with van der Waals surface area (Å²) < 4.78 is 21.3. The molecule has 1 saturated heterocycles. The summed E-state index contributed by atoms with van der Waals surface area (Å²) in [7, 11) is -1.18. The van der Waals surface area contributed by atoms with E-state index in [0.29, 0.717) is 12.5 Å². The molecule has 1 heterocycles. The molecule has 0 radical (unpaired) electrons. The van der Waals surface area contributed by atoms with Gasteiger partial charge in [-0.1, -0.05) is 0 Å². The van der Waals surface area contributed by atoms with E-state index in [1.807, 2.05) is 0 Å². The van der Waals surface area contributed by atoms with Crippen LogP contribution in [0.4, 0.5) is 0 Å². The quantitative estimate of drug-likeness (QED) is 0.612. The van der Waals surface area contributed by atoms with Crippen LogP contribution in [0.1, 0.15) is 12.8 Å². The van der Waals surface area contributed by atoms with Gasteiger partial charge >= 0.3 is 0 Å². The van der Waals surface area contributed by atoms with Crippen molar-refractivity contribution >= 4 is 10.0 Å². The van der Waals surface area contributed by atoms with Gasteiger partial charge in [-0.15, -0.1) is 0 Å². The summed E-state index contributed by atoms with van der Waals surface area (Å²) in [6.45, 7) is 3.65. The first kappa shape index (κ1) is 12.9. The smallest absolute Gasteiger partial charge is 0.210 e. The van der Waals surface area contributed by atoms with Crippen molar-refractivity contribution in [2.24, 2.45) is 11.1 Å². The molecule has 5 nitrogen and oxygen atoms in total. The Morgan fingerprint density at radius 1 is 1.40 bits per heavy atom. The van der Waals surface area contributed by atoms with Gasteiger partial charge < -0.3 is 10.2 Å². The molecule has 0 spiro atoms. The summed E-state index contributed by atoms with van der Waals surface area (Å²) in [5.74, 6) is 0.710. The van der Waals surface area contributed by atoms with Crippen molar-refractivity contribution in [2.75, 3.05) is 39.0 Å². The molecular weight excluding hydrogens is 214 g/mol. The van der Waals surface area contributed by atoms with Crippen LogP contribution in [-0.2, 0) is 10.0 Å². The number of nitrogens with one attached hydrogen (secondary N) is 1. The highest BCUT2D eigenvalue weighted by molar-refractivity contribution is 7.89. The Balaban J connectivity index is 2.06. The van der Waals surface area contributed by atoms with Gasteiger partial charge in [0, 0.05) is 6.54 Å². The van der Waals surface area contributed by atoms with E-state index in [2.05, 4.69) is 17.3 Å². The highest BCUT2D eigenvalue weighted by atomic mass is 32.2. The highest BCUT2D eigenvalue weighted by Gasteiger charge is 2.15. The van der Waals surface area contributed by atoms with Crippen molar-refractivity contribution in [3.05, 3.63) is 0 Å². The van der Waals surface area contributed by atoms with E-state index in [-0.39, 0.29) is 5.75 Å². The van der Waals surface area contributed by atoms with E-state index in [0.717, 1.165) is 19.6 Å². The van der Waals surface area contributed by atoms with Gasteiger partial charge in [-0.2, -0.15) is 0 Å². The van der Waals surface area contributed by atoms with Crippen LogP contribution in [0, 0.1) is 5.92 Å². The second kappa shape index (κ2) is 5.79. The maximum absolute atomic E-state index is 10.7. The SMILES string of the molecule is CN1CCC(CNCCS(N)(=O)=O)CC1. The van der Waals surface area contributed by atoms with E-state index < -0.39 is 10.0 Å². The van der Waals surface area contributed by atoms with Crippen molar-refractivity contribution in [2.45, 2.75) is 12.8 Å². The third-order valence-electron chi connectivity index (χ3n) is 2.83. The van der Waals surface area contributed by atoms with Crippen LogP contribution in [0.2, 0.25) is 0 Å². The normalized spacial score (nSPS) is 20.7. The Morgan fingerprint density at radius 3 is 2.53 bits per heavy atom. The summed E-state index contributed by atoms with van der Waals surface area (Å²) in [5, 5.41) is 8.05. The third kappa shape index (κ3) is 6.09. The van der Waals surface area contributed by atoms with E-state index in [1.165, 1.54) is 12.8 Å². The molecule has 0 bridgehead atoms. The first-order valence-electron chi connectivity index (χ1n) is 5.37. The lowest BCUT2D eigenvalue weighted by Gasteiger charge is -2.28. The molecule has 90 valence electrons. The molecule has 1 fully saturated rings. The van der Waals surface area contributed by atoms with Gasteiger partial charge in [-0.05, 0) is 45.4 Å². The molecule has 0 amide bonds. The van der Waals surface area contributed by atoms with Crippen LogP contribution < -0.4 is 10.5 Å². The van der Waals surface area contributed by atoms with Gasteiger partial charge in [0.25, 0.3) is 0 Å². The van der Waals surface area contributed by atoms with E-state index >= 15 is 0 Å². The number of likely N-dealkylation sites (tertiary alicyclic amines) is 1. The largest absolute Gasteiger partial charge is 0.315 e. The number of sulfonamides is 1. The second-order valence-electron chi connectivity index (χ2n) is 4.32. The van der Waals surface area contributed by atoms with E-state index in [1.54, 1.807) is 0 Å². The number of rotatable bonds is 5. The second-order valence-corrected chi connectivity index (χ2v) is 6.05. The first-order chi connectivity index (χ1) is 6.97. The lowest BCUT2D eigenvalue weighted by atomic mass is 9.97. The molecule has 1 aliphatic heterocycles. The lowest BCUT2D eigenvalue weighted by molar-refractivity contribution is 0.217. The summed E-state index contributed by atoms with van der Waals surface area (Å²) in [5.41, 5.74) is 0. The van der Waals surface area contributed by atoms with Gasteiger partial charge in [0.2, 0.25) is 10.0 Å². The minimum Gasteiger partial charge on any atom is -0.315 e. The number of hydrogen-bond acceptors (Lipinski definition) is 4. The van der Waals surface area contributed by atoms with Crippen molar-refractivity contribution in [3.8, 4) is 0 Å². The average molecular weight is 235 g/mol. The van der Waals surface area contributed by atoms with Crippen LogP contribution in [0.15, 0.2) is 0 Å². The molecule has 0 unspecified atom stereocenters. The Kier molecular flexibility index (Phi) is 4.98. The number of hydrogen-bond donors (Lipinski definition) is 2. The molecule has 0 aromatic carbocycles. The fraction of sp³-hybridized carbons (Fsp3) is 1.00. The third-order valence-corrected chi connectivity index (χ3v) is 3.61. The molecule has 15 heavy (non-hydrogen) atoms.